The lowest BCUT2D eigenvalue weighted by Crippen LogP contribution is -2.37. The van der Waals surface area contributed by atoms with Crippen molar-refractivity contribution in [3.8, 4) is 11.5 Å². The summed E-state index contributed by atoms with van der Waals surface area (Å²) in [6.45, 7) is 5.07. The van der Waals surface area contributed by atoms with E-state index in [4.69, 9.17) is 25.8 Å². The highest BCUT2D eigenvalue weighted by atomic mass is 35.5. The number of halogens is 2. The lowest BCUT2D eigenvalue weighted by atomic mass is 10.2. The summed E-state index contributed by atoms with van der Waals surface area (Å²) in [5.41, 5.74) is 1.62. The van der Waals surface area contributed by atoms with E-state index >= 15 is 0 Å². The molecule has 7 nitrogen and oxygen atoms in total. The molecule has 0 saturated carbocycles. The fraction of sp³-hybridized carbons (Fsp3) is 0.391. The summed E-state index contributed by atoms with van der Waals surface area (Å²) in [4.78, 5) is 19.2. The average Bonchev–Trinajstić information content (AvgIpc) is 2.81. The van der Waals surface area contributed by atoms with Gasteiger partial charge < -0.3 is 18.8 Å². The van der Waals surface area contributed by atoms with E-state index in [2.05, 4.69) is 9.88 Å². The Hall–Kier alpha value is -2.68. The number of rotatable bonds is 8. The van der Waals surface area contributed by atoms with Crippen LogP contribution in [0.25, 0.3) is 11.0 Å². The number of benzene rings is 2. The van der Waals surface area contributed by atoms with Crippen LogP contribution in [-0.4, -0.2) is 61.0 Å². The quantitative estimate of drug-likeness (QED) is 0.479. The first kappa shape index (κ1) is 22.5. The van der Waals surface area contributed by atoms with Crippen molar-refractivity contribution < 1.29 is 18.6 Å². The molecular weight excluding hydrogens is 437 g/mol. The third-order valence-corrected chi connectivity index (χ3v) is 5.73. The van der Waals surface area contributed by atoms with E-state index < -0.39 is 5.82 Å². The highest BCUT2D eigenvalue weighted by molar-refractivity contribution is 6.30. The van der Waals surface area contributed by atoms with Crippen LogP contribution in [0.4, 0.5) is 4.39 Å². The third-order valence-electron chi connectivity index (χ3n) is 5.44. The molecule has 0 unspecified atom stereocenters. The van der Waals surface area contributed by atoms with Crippen molar-refractivity contribution in [3.63, 3.8) is 0 Å². The lowest BCUT2D eigenvalue weighted by Gasteiger charge is -2.26. The Labute approximate surface area is 190 Å². The van der Waals surface area contributed by atoms with Crippen LogP contribution in [0, 0.1) is 5.82 Å². The van der Waals surface area contributed by atoms with Crippen LogP contribution in [0.5, 0.6) is 11.5 Å². The van der Waals surface area contributed by atoms with Gasteiger partial charge in [0.15, 0.2) is 11.5 Å². The lowest BCUT2D eigenvalue weighted by molar-refractivity contribution is 0.0357. The van der Waals surface area contributed by atoms with E-state index in [1.807, 2.05) is 0 Å². The van der Waals surface area contributed by atoms with Gasteiger partial charge >= 0.3 is 0 Å². The van der Waals surface area contributed by atoms with Gasteiger partial charge in [-0.05, 0) is 24.1 Å². The van der Waals surface area contributed by atoms with Gasteiger partial charge in [-0.3, -0.25) is 9.69 Å². The van der Waals surface area contributed by atoms with Crippen LogP contribution in [0.2, 0.25) is 5.02 Å². The van der Waals surface area contributed by atoms with Crippen molar-refractivity contribution in [2.45, 2.75) is 13.0 Å². The Bertz CT molecular complexity index is 1150. The van der Waals surface area contributed by atoms with Crippen molar-refractivity contribution in [1.82, 2.24) is 14.5 Å². The zero-order valence-corrected chi connectivity index (χ0v) is 18.6. The molecule has 0 atom stereocenters. The molecule has 4 rings (SSSR count). The zero-order valence-electron chi connectivity index (χ0n) is 17.9. The molecule has 9 heteroatoms. The number of nitrogens with zero attached hydrogens (tertiary/aromatic N) is 3. The summed E-state index contributed by atoms with van der Waals surface area (Å²) in [6.07, 6.45) is 2.12. The third kappa shape index (κ3) is 5.20. The van der Waals surface area contributed by atoms with Crippen molar-refractivity contribution in [2.75, 3.05) is 46.6 Å². The molecule has 2 aromatic carbocycles. The van der Waals surface area contributed by atoms with Crippen molar-refractivity contribution >= 4 is 22.6 Å². The minimum absolute atomic E-state index is 0.0138. The minimum atomic E-state index is -0.500. The Kier molecular flexibility index (Phi) is 7.24. The maximum Gasteiger partial charge on any atom is 0.269 e. The normalized spacial score (nSPS) is 14.6. The summed E-state index contributed by atoms with van der Waals surface area (Å²) in [5, 5.41) is 0.0138. The van der Waals surface area contributed by atoms with E-state index in [0.29, 0.717) is 34.7 Å². The van der Waals surface area contributed by atoms with Gasteiger partial charge in [0.25, 0.3) is 5.56 Å². The zero-order chi connectivity index (χ0) is 22.5. The molecule has 0 radical (unpaired) electrons. The highest BCUT2D eigenvalue weighted by Gasteiger charge is 2.14. The maximum atomic E-state index is 13.5. The highest BCUT2D eigenvalue weighted by Crippen LogP contribution is 2.31. The Balaban J connectivity index is 1.56. The summed E-state index contributed by atoms with van der Waals surface area (Å²) in [7, 11) is 1.57. The average molecular weight is 462 g/mol. The smallest absolute Gasteiger partial charge is 0.269 e. The number of ether oxygens (including phenoxy) is 3. The predicted octanol–water partition coefficient (Wildman–Crippen LogP) is 3.35. The largest absolute Gasteiger partial charge is 0.493 e. The van der Waals surface area contributed by atoms with E-state index in [9.17, 15) is 9.18 Å². The molecule has 0 N–H and O–H groups in total. The van der Waals surface area contributed by atoms with E-state index in [0.717, 1.165) is 39.3 Å². The van der Waals surface area contributed by atoms with Gasteiger partial charge in [0, 0.05) is 31.8 Å². The maximum absolute atomic E-state index is 13.5. The second-order valence-electron chi connectivity index (χ2n) is 7.58. The molecule has 1 aliphatic heterocycles. The Morgan fingerprint density at radius 3 is 2.75 bits per heavy atom. The second kappa shape index (κ2) is 10.3. The van der Waals surface area contributed by atoms with E-state index in [1.165, 1.54) is 18.3 Å². The van der Waals surface area contributed by atoms with E-state index in [-0.39, 0.29) is 17.1 Å². The molecule has 2 heterocycles. The molecule has 1 fully saturated rings. The van der Waals surface area contributed by atoms with Gasteiger partial charge in [-0.25, -0.2) is 9.37 Å². The van der Waals surface area contributed by atoms with Crippen LogP contribution in [0.15, 0.2) is 41.3 Å². The van der Waals surface area contributed by atoms with Crippen molar-refractivity contribution in [2.24, 2.45) is 0 Å². The minimum Gasteiger partial charge on any atom is -0.493 e. The van der Waals surface area contributed by atoms with Gasteiger partial charge in [0.2, 0.25) is 0 Å². The molecule has 0 bridgehead atoms. The second-order valence-corrected chi connectivity index (χ2v) is 7.99. The first-order valence-corrected chi connectivity index (χ1v) is 10.9. The number of hydrogen-bond donors (Lipinski definition) is 0. The SMILES string of the molecule is COc1cc2ncc(=O)n(Cc3ccc(F)c(Cl)c3)c2cc1OCCCN1CCOCC1. The van der Waals surface area contributed by atoms with Crippen molar-refractivity contribution in [1.29, 1.82) is 0 Å². The van der Waals surface area contributed by atoms with Crippen LogP contribution < -0.4 is 15.0 Å². The molecule has 0 amide bonds. The molecule has 170 valence electrons. The fourth-order valence-corrected chi connectivity index (χ4v) is 3.93. The van der Waals surface area contributed by atoms with Gasteiger partial charge in [0.05, 0.1) is 55.7 Å². The molecular formula is C23H25ClFN3O4. The number of morpholine rings is 1. The number of fused-ring (bicyclic) bond motifs is 1. The Morgan fingerprint density at radius 1 is 1.19 bits per heavy atom. The Morgan fingerprint density at radius 2 is 2.00 bits per heavy atom. The number of methoxy groups -OCH3 is 1. The topological polar surface area (TPSA) is 65.8 Å². The first-order valence-electron chi connectivity index (χ1n) is 10.5. The predicted molar refractivity (Wildman–Crippen MR) is 120 cm³/mol. The van der Waals surface area contributed by atoms with Gasteiger partial charge in [-0.15, -0.1) is 0 Å². The molecule has 0 spiro atoms. The molecule has 1 saturated heterocycles. The summed E-state index contributed by atoms with van der Waals surface area (Å²) >= 11 is 5.91. The molecule has 1 aromatic heterocycles. The number of hydrogen-bond acceptors (Lipinski definition) is 6. The summed E-state index contributed by atoms with van der Waals surface area (Å²) in [6, 6.07) is 7.93. The first-order chi connectivity index (χ1) is 15.5. The van der Waals surface area contributed by atoms with Gasteiger partial charge in [-0.1, -0.05) is 17.7 Å². The number of aromatic nitrogens is 2. The van der Waals surface area contributed by atoms with Gasteiger partial charge in [0.1, 0.15) is 5.82 Å². The fourth-order valence-electron chi connectivity index (χ4n) is 3.72. The van der Waals surface area contributed by atoms with Crippen LogP contribution in [0.3, 0.4) is 0 Å². The van der Waals surface area contributed by atoms with Crippen LogP contribution in [0.1, 0.15) is 12.0 Å². The summed E-state index contributed by atoms with van der Waals surface area (Å²) in [5.74, 6) is 0.589. The molecule has 32 heavy (non-hydrogen) atoms. The van der Waals surface area contributed by atoms with Crippen LogP contribution >= 0.6 is 11.6 Å². The summed E-state index contributed by atoms with van der Waals surface area (Å²) < 4.78 is 31.9. The molecule has 1 aliphatic rings. The molecule has 3 aromatic rings. The van der Waals surface area contributed by atoms with Gasteiger partial charge in [-0.2, -0.15) is 0 Å². The van der Waals surface area contributed by atoms with Crippen molar-refractivity contribution in [3.05, 3.63) is 63.3 Å². The van der Waals surface area contributed by atoms with Crippen LogP contribution in [-0.2, 0) is 11.3 Å². The molecule has 0 aliphatic carbocycles. The van der Waals surface area contributed by atoms with E-state index in [1.54, 1.807) is 29.9 Å². The standard InChI is InChI=1S/C23H25ClFN3O4/c1-30-21-12-19-20(13-22(21)32-8-2-5-27-6-9-31-10-7-27)28(23(29)14-26-19)15-16-3-4-18(25)17(24)11-16/h3-4,11-14H,2,5-10,15H2,1H3. The monoisotopic (exact) mass is 461 g/mol.